The maximum absolute atomic E-state index is 6.24. The van der Waals surface area contributed by atoms with Crippen LogP contribution in [0.4, 0.5) is 0 Å². The van der Waals surface area contributed by atoms with E-state index in [-0.39, 0.29) is 6.04 Å². The first kappa shape index (κ1) is 12.1. The second-order valence-electron chi connectivity index (χ2n) is 4.11. The normalized spacial score (nSPS) is 12.7. The summed E-state index contributed by atoms with van der Waals surface area (Å²) >= 11 is 6.00. The largest absolute Gasteiger partial charge is 0.320 e. The quantitative estimate of drug-likeness (QED) is 0.909. The fourth-order valence-electron chi connectivity index (χ4n) is 1.84. The van der Waals surface area contributed by atoms with Crippen molar-refractivity contribution in [1.82, 2.24) is 9.78 Å². The molecule has 2 rings (SSSR count). The summed E-state index contributed by atoms with van der Waals surface area (Å²) < 4.78 is 1.87. The lowest BCUT2D eigenvalue weighted by Gasteiger charge is -2.13. The second kappa shape index (κ2) is 4.90. The minimum Gasteiger partial charge on any atom is -0.320 e. The summed E-state index contributed by atoms with van der Waals surface area (Å²) in [5, 5.41) is 4.95. The number of rotatable bonds is 3. The average Bonchev–Trinajstić information content (AvgIpc) is 2.80. The zero-order chi connectivity index (χ0) is 12.4. The highest BCUT2D eigenvalue weighted by molar-refractivity contribution is 6.30. The summed E-state index contributed by atoms with van der Waals surface area (Å²) in [5.41, 5.74) is 9.45. The molecule has 0 bridgehead atoms. The Morgan fingerprint density at radius 3 is 2.88 bits per heavy atom. The van der Waals surface area contributed by atoms with Crippen LogP contribution in [0.1, 0.15) is 29.7 Å². The monoisotopic (exact) mass is 249 g/mol. The van der Waals surface area contributed by atoms with Gasteiger partial charge in [0.15, 0.2) is 0 Å². The molecular weight excluding hydrogens is 234 g/mol. The molecule has 0 aliphatic heterocycles. The van der Waals surface area contributed by atoms with E-state index in [4.69, 9.17) is 17.3 Å². The molecule has 0 aliphatic rings. The van der Waals surface area contributed by atoms with Gasteiger partial charge in [0, 0.05) is 23.3 Å². The lowest BCUT2D eigenvalue weighted by molar-refractivity contribution is 0.658. The van der Waals surface area contributed by atoms with Crippen LogP contribution >= 0.6 is 11.6 Å². The van der Waals surface area contributed by atoms with Crippen LogP contribution in [0.25, 0.3) is 0 Å². The summed E-state index contributed by atoms with van der Waals surface area (Å²) in [5.74, 6) is 0. The van der Waals surface area contributed by atoms with Crippen molar-refractivity contribution in [2.24, 2.45) is 5.73 Å². The van der Waals surface area contributed by atoms with Crippen molar-refractivity contribution < 1.29 is 0 Å². The number of hydrogen-bond acceptors (Lipinski definition) is 2. The third kappa shape index (κ3) is 2.51. The number of benzene rings is 1. The minimum absolute atomic E-state index is 0.172. The van der Waals surface area contributed by atoms with E-state index in [9.17, 15) is 0 Å². The first-order valence-electron chi connectivity index (χ1n) is 5.65. The van der Waals surface area contributed by atoms with Crippen LogP contribution in [0.3, 0.4) is 0 Å². The van der Waals surface area contributed by atoms with Crippen LogP contribution in [0.2, 0.25) is 5.02 Å². The lowest BCUT2D eigenvalue weighted by atomic mass is 9.98. The van der Waals surface area contributed by atoms with Crippen molar-refractivity contribution >= 4 is 11.6 Å². The fourth-order valence-corrected chi connectivity index (χ4v) is 2.02. The van der Waals surface area contributed by atoms with Gasteiger partial charge >= 0.3 is 0 Å². The highest BCUT2D eigenvalue weighted by atomic mass is 35.5. The van der Waals surface area contributed by atoms with E-state index >= 15 is 0 Å². The molecule has 1 aromatic heterocycles. The van der Waals surface area contributed by atoms with Crippen LogP contribution in [0, 0.1) is 6.92 Å². The zero-order valence-corrected chi connectivity index (χ0v) is 10.8. The van der Waals surface area contributed by atoms with Gasteiger partial charge in [-0.1, -0.05) is 17.7 Å². The average molecular weight is 250 g/mol. The van der Waals surface area contributed by atoms with Crippen molar-refractivity contribution in [3.63, 3.8) is 0 Å². The summed E-state index contributed by atoms with van der Waals surface area (Å²) in [7, 11) is 0. The van der Waals surface area contributed by atoms with Gasteiger partial charge in [0.05, 0.1) is 12.2 Å². The van der Waals surface area contributed by atoms with Crippen molar-refractivity contribution in [2.45, 2.75) is 26.4 Å². The zero-order valence-electron chi connectivity index (χ0n) is 10.0. The highest BCUT2D eigenvalue weighted by Gasteiger charge is 2.13. The van der Waals surface area contributed by atoms with E-state index in [1.54, 1.807) is 0 Å². The molecule has 0 fully saturated rings. The fraction of sp³-hybridized carbons (Fsp3) is 0.308. The molecule has 17 heavy (non-hydrogen) atoms. The van der Waals surface area contributed by atoms with Gasteiger partial charge in [-0.3, -0.25) is 4.68 Å². The smallest absolute Gasteiger partial charge is 0.0585 e. The third-order valence-electron chi connectivity index (χ3n) is 2.91. The Bertz CT molecular complexity index is 519. The minimum atomic E-state index is -0.172. The molecule has 2 aromatic rings. The van der Waals surface area contributed by atoms with Gasteiger partial charge in [0.1, 0.15) is 0 Å². The van der Waals surface area contributed by atoms with E-state index in [0.29, 0.717) is 5.02 Å². The molecule has 1 aromatic carbocycles. The Morgan fingerprint density at radius 1 is 1.47 bits per heavy atom. The predicted octanol–water partition coefficient (Wildman–Crippen LogP) is 2.91. The molecule has 0 amide bonds. The molecule has 1 atom stereocenters. The second-order valence-corrected chi connectivity index (χ2v) is 4.54. The summed E-state index contributed by atoms with van der Waals surface area (Å²) in [4.78, 5) is 0. The molecule has 0 saturated heterocycles. The predicted molar refractivity (Wildman–Crippen MR) is 70.1 cm³/mol. The molecule has 0 spiro atoms. The molecule has 0 saturated carbocycles. The summed E-state index contributed by atoms with van der Waals surface area (Å²) in [6.45, 7) is 4.93. The Hall–Kier alpha value is -1.32. The van der Waals surface area contributed by atoms with Gasteiger partial charge in [-0.25, -0.2) is 0 Å². The van der Waals surface area contributed by atoms with Crippen molar-refractivity contribution in [2.75, 3.05) is 0 Å². The summed E-state index contributed by atoms with van der Waals surface area (Å²) in [6.07, 6.45) is 3.79. The number of nitrogens with zero attached hydrogens (tertiary/aromatic N) is 2. The summed E-state index contributed by atoms with van der Waals surface area (Å²) in [6, 6.07) is 5.61. The van der Waals surface area contributed by atoms with Gasteiger partial charge < -0.3 is 5.73 Å². The molecule has 4 heteroatoms. The Balaban J connectivity index is 2.35. The van der Waals surface area contributed by atoms with Gasteiger partial charge in [-0.05, 0) is 37.1 Å². The molecule has 0 aliphatic carbocycles. The Labute approximate surface area is 106 Å². The van der Waals surface area contributed by atoms with Gasteiger partial charge in [0.2, 0.25) is 0 Å². The Kier molecular flexibility index (Phi) is 3.50. The number of aromatic nitrogens is 2. The number of halogens is 1. The van der Waals surface area contributed by atoms with Crippen LogP contribution in [-0.4, -0.2) is 9.78 Å². The molecule has 1 heterocycles. The van der Waals surface area contributed by atoms with E-state index in [0.717, 1.165) is 23.2 Å². The van der Waals surface area contributed by atoms with E-state index in [2.05, 4.69) is 5.10 Å². The Morgan fingerprint density at radius 2 is 2.24 bits per heavy atom. The van der Waals surface area contributed by atoms with Gasteiger partial charge in [-0.2, -0.15) is 5.10 Å². The first-order chi connectivity index (χ1) is 8.11. The maximum Gasteiger partial charge on any atom is 0.0585 e. The van der Waals surface area contributed by atoms with E-state index in [1.807, 2.05) is 49.1 Å². The highest BCUT2D eigenvalue weighted by Crippen LogP contribution is 2.25. The molecular formula is C13H16ClN3. The topological polar surface area (TPSA) is 43.8 Å². The van der Waals surface area contributed by atoms with Crippen molar-refractivity contribution in [1.29, 1.82) is 0 Å². The van der Waals surface area contributed by atoms with Crippen LogP contribution in [0.5, 0.6) is 0 Å². The van der Waals surface area contributed by atoms with Crippen molar-refractivity contribution in [3.05, 3.63) is 52.3 Å². The van der Waals surface area contributed by atoms with Crippen molar-refractivity contribution in [3.8, 4) is 0 Å². The number of nitrogens with two attached hydrogens (primary N) is 1. The number of hydrogen-bond donors (Lipinski definition) is 1. The molecule has 1 unspecified atom stereocenters. The van der Waals surface area contributed by atoms with Crippen LogP contribution < -0.4 is 5.73 Å². The number of aryl methyl sites for hydroxylation is 2. The molecule has 0 radical (unpaired) electrons. The standard InChI is InChI=1S/C13H16ClN3/c1-3-17-8-10(7-16-17)13(15)12-6-11(14)5-4-9(12)2/h4-8,13H,3,15H2,1-2H3. The van der Waals surface area contributed by atoms with E-state index in [1.165, 1.54) is 0 Å². The van der Waals surface area contributed by atoms with E-state index < -0.39 is 0 Å². The van der Waals surface area contributed by atoms with Gasteiger partial charge in [0.25, 0.3) is 0 Å². The van der Waals surface area contributed by atoms with Crippen LogP contribution in [0.15, 0.2) is 30.6 Å². The molecule has 2 N–H and O–H groups in total. The van der Waals surface area contributed by atoms with Crippen LogP contribution in [-0.2, 0) is 6.54 Å². The maximum atomic E-state index is 6.24. The first-order valence-corrected chi connectivity index (χ1v) is 6.03. The lowest BCUT2D eigenvalue weighted by Crippen LogP contribution is -2.12. The molecule has 90 valence electrons. The third-order valence-corrected chi connectivity index (χ3v) is 3.15. The van der Waals surface area contributed by atoms with Gasteiger partial charge in [-0.15, -0.1) is 0 Å². The SMILES string of the molecule is CCn1cc(C(N)c2cc(Cl)ccc2C)cn1. The molecule has 3 nitrogen and oxygen atoms in total.